The lowest BCUT2D eigenvalue weighted by Gasteiger charge is -2.38. The number of aliphatic hydroxyl groups is 3. The average molecular weight is 432 g/mol. The number of phenols is 1. The molecule has 2 aliphatic heterocycles. The highest BCUT2D eigenvalue weighted by Gasteiger charge is 2.48. The molecule has 164 valence electrons. The number of benzene rings is 2. The lowest BCUT2D eigenvalue weighted by molar-refractivity contribution is -0.271. The Labute approximate surface area is 175 Å². The molecule has 0 bridgehead atoms. The molecule has 1 saturated heterocycles. The van der Waals surface area contributed by atoms with E-state index in [0.29, 0.717) is 11.1 Å². The molecule has 0 saturated carbocycles. The zero-order valence-electron chi connectivity index (χ0n) is 16.0. The molecule has 2 aromatic carbocycles. The van der Waals surface area contributed by atoms with Crippen LogP contribution in [0, 0.1) is 0 Å². The Morgan fingerprint density at radius 2 is 1.71 bits per heavy atom. The minimum Gasteiger partial charge on any atom is -0.508 e. The predicted octanol–water partition coefficient (Wildman–Crippen LogP) is 0.0221. The normalized spacial score (nSPS) is 30.2. The van der Waals surface area contributed by atoms with Crippen molar-refractivity contribution in [3.05, 3.63) is 53.6 Å². The number of Topliss-reactive ketones (excluding diaryl/α,β-unsaturated/α-hetero) is 1. The van der Waals surface area contributed by atoms with E-state index in [2.05, 4.69) is 0 Å². The predicted molar refractivity (Wildman–Crippen MR) is 102 cm³/mol. The zero-order chi connectivity index (χ0) is 22.3. The van der Waals surface area contributed by atoms with Crippen LogP contribution in [-0.4, -0.2) is 74.6 Å². The number of aliphatic hydroxyl groups excluding tert-OH is 3. The van der Waals surface area contributed by atoms with Gasteiger partial charge in [-0.05, 0) is 29.8 Å². The molecule has 4 rings (SSSR count). The number of phenolic OH excluding ortho intramolecular Hbond substituents is 1. The van der Waals surface area contributed by atoms with Gasteiger partial charge in [-0.15, -0.1) is 0 Å². The summed E-state index contributed by atoms with van der Waals surface area (Å²) >= 11 is 0. The fourth-order valence-corrected chi connectivity index (χ4v) is 3.57. The molecule has 5 N–H and O–H groups in total. The van der Waals surface area contributed by atoms with Crippen molar-refractivity contribution in [1.82, 2.24) is 0 Å². The highest BCUT2D eigenvalue weighted by molar-refractivity contribution is 6.04. The first kappa shape index (κ1) is 21.1. The summed E-state index contributed by atoms with van der Waals surface area (Å²) in [6.07, 6.45) is -8.68. The Kier molecular flexibility index (Phi) is 5.54. The summed E-state index contributed by atoms with van der Waals surface area (Å²) in [6.45, 7) is 0.0641. The van der Waals surface area contributed by atoms with Gasteiger partial charge in [0.1, 0.15) is 42.2 Å². The largest absolute Gasteiger partial charge is 0.508 e. The van der Waals surface area contributed by atoms with Gasteiger partial charge in [0.2, 0.25) is 6.29 Å². The van der Waals surface area contributed by atoms with Gasteiger partial charge >= 0.3 is 5.97 Å². The molecule has 10 heteroatoms. The van der Waals surface area contributed by atoms with Crippen LogP contribution in [0.3, 0.4) is 0 Å². The molecule has 0 aromatic heterocycles. The van der Waals surface area contributed by atoms with Gasteiger partial charge in [0.15, 0.2) is 11.9 Å². The Morgan fingerprint density at radius 1 is 1.00 bits per heavy atom. The lowest BCUT2D eigenvalue weighted by Crippen LogP contribution is -2.61. The molecule has 1 fully saturated rings. The zero-order valence-corrected chi connectivity index (χ0v) is 16.0. The number of hydrogen-bond donors (Lipinski definition) is 5. The average Bonchev–Trinajstić information content (AvgIpc) is 2.75. The number of ether oxygens (including phenoxy) is 3. The summed E-state index contributed by atoms with van der Waals surface area (Å²) in [6, 6.07) is 10.5. The molecular weight excluding hydrogens is 412 g/mol. The second-order valence-corrected chi connectivity index (χ2v) is 7.33. The van der Waals surface area contributed by atoms with Crippen LogP contribution in [0.25, 0.3) is 0 Å². The van der Waals surface area contributed by atoms with Gasteiger partial charge in [-0.2, -0.15) is 0 Å². The number of hydrogen-bond acceptors (Lipinski definition) is 9. The number of carbonyl (C=O) groups excluding carboxylic acids is 1. The van der Waals surface area contributed by atoms with Crippen LogP contribution in [0.15, 0.2) is 42.5 Å². The van der Waals surface area contributed by atoms with Crippen molar-refractivity contribution >= 4 is 11.8 Å². The van der Waals surface area contributed by atoms with Crippen LogP contribution in [0.1, 0.15) is 21.8 Å². The summed E-state index contributed by atoms with van der Waals surface area (Å²) < 4.78 is 16.2. The summed E-state index contributed by atoms with van der Waals surface area (Å²) in [5, 5.41) is 48.2. The second kappa shape index (κ2) is 8.16. The van der Waals surface area contributed by atoms with E-state index in [-0.39, 0.29) is 29.6 Å². The first-order valence-corrected chi connectivity index (χ1v) is 9.45. The van der Waals surface area contributed by atoms with Crippen LogP contribution < -0.4 is 9.47 Å². The van der Waals surface area contributed by atoms with Crippen molar-refractivity contribution in [1.29, 1.82) is 0 Å². The lowest BCUT2D eigenvalue weighted by atomic mass is 9.89. The third-order valence-corrected chi connectivity index (χ3v) is 5.30. The molecule has 10 nitrogen and oxygen atoms in total. The van der Waals surface area contributed by atoms with Crippen molar-refractivity contribution in [2.24, 2.45) is 0 Å². The Balaban J connectivity index is 1.52. The number of aliphatic carboxylic acids is 1. The maximum absolute atomic E-state index is 12.9. The maximum atomic E-state index is 12.9. The molecule has 2 heterocycles. The minimum absolute atomic E-state index is 0.0641. The summed E-state index contributed by atoms with van der Waals surface area (Å²) in [5.74, 6) is -1.82. The number of aromatic hydroxyl groups is 1. The van der Waals surface area contributed by atoms with Gasteiger partial charge in [0.25, 0.3) is 0 Å². The number of carboxylic acid groups (broad SMARTS) is 1. The number of fused-ring (bicyclic) bond motifs is 1. The summed E-state index contributed by atoms with van der Waals surface area (Å²) in [4.78, 5) is 24.1. The topological polar surface area (TPSA) is 163 Å². The van der Waals surface area contributed by atoms with Crippen molar-refractivity contribution in [2.45, 2.75) is 36.6 Å². The Morgan fingerprint density at radius 3 is 2.39 bits per heavy atom. The SMILES string of the molecule is O=C1c2ccc(OC3OC(C(=O)O)C(O)C(O)C3O)cc2OCC1c1ccc(O)cc1. The van der Waals surface area contributed by atoms with Crippen molar-refractivity contribution in [3.8, 4) is 17.2 Å². The standard InChI is InChI=1S/C21H20O10/c22-10-3-1-9(2-4-10)13-8-29-14-7-11(5-6-12(14)15(13)23)30-21-18(26)16(24)17(25)19(31-21)20(27)28/h1-7,13,16-19,21-22,24-26H,8H2,(H,27,28). The van der Waals surface area contributed by atoms with Crippen LogP contribution in [0.5, 0.6) is 17.2 Å². The first-order valence-electron chi connectivity index (χ1n) is 9.45. The molecule has 0 spiro atoms. The molecule has 2 aromatic rings. The van der Waals surface area contributed by atoms with E-state index in [1.165, 1.54) is 30.3 Å². The quantitative estimate of drug-likeness (QED) is 0.445. The third-order valence-electron chi connectivity index (χ3n) is 5.30. The third kappa shape index (κ3) is 3.93. The molecule has 6 unspecified atom stereocenters. The van der Waals surface area contributed by atoms with Crippen molar-refractivity contribution < 1.29 is 49.3 Å². The van der Waals surface area contributed by atoms with Gasteiger partial charge < -0.3 is 39.7 Å². The smallest absolute Gasteiger partial charge is 0.335 e. The first-order chi connectivity index (χ1) is 14.8. The number of rotatable bonds is 4. The number of ketones is 1. The molecule has 2 aliphatic rings. The van der Waals surface area contributed by atoms with Crippen LogP contribution in [0.4, 0.5) is 0 Å². The summed E-state index contributed by atoms with van der Waals surface area (Å²) in [5.41, 5.74) is 1.00. The van der Waals surface area contributed by atoms with Gasteiger partial charge in [-0.3, -0.25) is 4.79 Å². The van der Waals surface area contributed by atoms with E-state index in [0.717, 1.165) is 0 Å². The molecular formula is C21H20O10. The fraction of sp³-hybridized carbons (Fsp3) is 0.333. The molecule has 31 heavy (non-hydrogen) atoms. The van der Waals surface area contributed by atoms with E-state index in [1.54, 1.807) is 12.1 Å². The van der Waals surface area contributed by atoms with E-state index < -0.39 is 42.6 Å². The number of carbonyl (C=O) groups is 2. The molecule has 6 atom stereocenters. The van der Waals surface area contributed by atoms with E-state index >= 15 is 0 Å². The van der Waals surface area contributed by atoms with Gasteiger partial charge in [-0.1, -0.05) is 12.1 Å². The second-order valence-electron chi connectivity index (χ2n) is 7.33. The van der Waals surface area contributed by atoms with Gasteiger partial charge in [-0.25, -0.2) is 4.79 Å². The summed E-state index contributed by atoms with van der Waals surface area (Å²) in [7, 11) is 0. The highest BCUT2D eigenvalue weighted by atomic mass is 16.7. The van der Waals surface area contributed by atoms with E-state index in [9.17, 15) is 30.0 Å². The monoisotopic (exact) mass is 432 g/mol. The molecule has 0 radical (unpaired) electrons. The van der Waals surface area contributed by atoms with E-state index in [1.807, 2.05) is 0 Å². The Bertz CT molecular complexity index is 988. The van der Waals surface area contributed by atoms with Crippen molar-refractivity contribution in [3.63, 3.8) is 0 Å². The van der Waals surface area contributed by atoms with Gasteiger partial charge in [0, 0.05) is 6.07 Å². The molecule has 0 aliphatic carbocycles. The minimum atomic E-state index is -1.83. The van der Waals surface area contributed by atoms with Crippen LogP contribution in [-0.2, 0) is 9.53 Å². The van der Waals surface area contributed by atoms with E-state index in [4.69, 9.17) is 19.3 Å². The fourth-order valence-electron chi connectivity index (χ4n) is 3.57. The Hall–Kier alpha value is -3.18. The maximum Gasteiger partial charge on any atom is 0.335 e. The van der Waals surface area contributed by atoms with Gasteiger partial charge in [0.05, 0.1) is 11.5 Å². The van der Waals surface area contributed by atoms with Crippen LogP contribution in [0.2, 0.25) is 0 Å². The number of carboxylic acids is 1. The van der Waals surface area contributed by atoms with Crippen LogP contribution >= 0.6 is 0 Å². The highest BCUT2D eigenvalue weighted by Crippen LogP contribution is 2.36. The molecule has 0 amide bonds. The van der Waals surface area contributed by atoms with Crippen molar-refractivity contribution in [2.75, 3.05) is 6.61 Å².